The quantitative estimate of drug-likeness (QED) is 0.752. The van der Waals surface area contributed by atoms with Gasteiger partial charge in [-0.3, -0.25) is 19.8 Å². The molecule has 0 saturated heterocycles. The highest BCUT2D eigenvalue weighted by Crippen LogP contribution is 2.13. The molecule has 3 N–H and O–H groups in total. The number of nitrogens with zero attached hydrogens (tertiary/aromatic N) is 1. The fourth-order valence-corrected chi connectivity index (χ4v) is 1.94. The van der Waals surface area contributed by atoms with Crippen LogP contribution < -0.4 is 16.0 Å². The lowest BCUT2D eigenvalue weighted by atomic mass is 10.1. The van der Waals surface area contributed by atoms with E-state index in [0.717, 1.165) is 0 Å². The smallest absolute Gasteiger partial charge is 0.321 e. The van der Waals surface area contributed by atoms with Crippen molar-refractivity contribution < 1.29 is 14.4 Å². The first-order valence-electron chi connectivity index (χ1n) is 7.41. The molecule has 8 heteroatoms. The highest BCUT2D eigenvalue weighted by atomic mass is 35.5. The van der Waals surface area contributed by atoms with Crippen LogP contribution in [0.15, 0.2) is 24.3 Å². The van der Waals surface area contributed by atoms with E-state index in [1.54, 1.807) is 31.3 Å². The highest BCUT2D eigenvalue weighted by Gasteiger charge is 2.17. The summed E-state index contributed by atoms with van der Waals surface area (Å²) in [6.45, 7) is 5.36. The number of anilines is 1. The van der Waals surface area contributed by atoms with E-state index in [1.807, 2.05) is 20.8 Å². The molecule has 0 unspecified atom stereocenters. The summed E-state index contributed by atoms with van der Waals surface area (Å²) in [5.74, 6) is -0.759. The second-order valence-corrected chi connectivity index (χ2v) is 6.92. The molecular weight excluding hydrogens is 332 g/mol. The predicted molar refractivity (Wildman–Crippen MR) is 94.0 cm³/mol. The van der Waals surface area contributed by atoms with Crippen LogP contribution in [0.25, 0.3) is 0 Å². The molecular formula is C16H23ClN4O3. The topological polar surface area (TPSA) is 90.5 Å². The minimum atomic E-state index is -0.563. The van der Waals surface area contributed by atoms with Gasteiger partial charge in [-0.1, -0.05) is 11.6 Å². The molecule has 1 aromatic rings. The van der Waals surface area contributed by atoms with Crippen molar-refractivity contribution in [2.24, 2.45) is 0 Å². The monoisotopic (exact) mass is 354 g/mol. The van der Waals surface area contributed by atoms with Crippen molar-refractivity contribution in [3.63, 3.8) is 0 Å². The maximum atomic E-state index is 11.9. The molecule has 0 spiro atoms. The van der Waals surface area contributed by atoms with Gasteiger partial charge in [-0.25, -0.2) is 4.79 Å². The first-order valence-corrected chi connectivity index (χ1v) is 7.79. The van der Waals surface area contributed by atoms with Gasteiger partial charge in [0.2, 0.25) is 11.8 Å². The summed E-state index contributed by atoms with van der Waals surface area (Å²) in [6, 6.07) is 6.14. The number of carbonyl (C=O) groups excluding carboxylic acids is 3. The molecule has 0 aliphatic carbocycles. The van der Waals surface area contributed by atoms with E-state index in [1.165, 1.54) is 4.90 Å². The summed E-state index contributed by atoms with van der Waals surface area (Å²) >= 11 is 5.77. The molecule has 0 aliphatic heterocycles. The van der Waals surface area contributed by atoms with Crippen LogP contribution in [0.2, 0.25) is 5.02 Å². The molecule has 0 radical (unpaired) electrons. The van der Waals surface area contributed by atoms with Gasteiger partial charge in [0.15, 0.2) is 0 Å². The fourth-order valence-electron chi connectivity index (χ4n) is 1.82. The van der Waals surface area contributed by atoms with E-state index in [2.05, 4.69) is 16.0 Å². The molecule has 0 fully saturated rings. The van der Waals surface area contributed by atoms with Crippen molar-refractivity contribution in [2.45, 2.75) is 26.3 Å². The van der Waals surface area contributed by atoms with E-state index in [4.69, 9.17) is 11.6 Å². The van der Waals surface area contributed by atoms with Crippen molar-refractivity contribution in [1.29, 1.82) is 0 Å². The Balaban J connectivity index is 2.37. The Morgan fingerprint density at radius 2 is 1.58 bits per heavy atom. The molecule has 0 aliphatic rings. The number of imide groups is 1. The van der Waals surface area contributed by atoms with Gasteiger partial charge in [0.05, 0.1) is 13.1 Å². The number of carbonyl (C=O) groups is 3. The third-order valence-corrected chi connectivity index (χ3v) is 2.95. The van der Waals surface area contributed by atoms with Crippen molar-refractivity contribution in [1.82, 2.24) is 15.5 Å². The minimum Gasteiger partial charge on any atom is -0.333 e. The SMILES string of the molecule is CN(CC(=O)NC(=O)NC(C)(C)C)CC(=O)Nc1ccc(Cl)cc1. The Labute approximate surface area is 146 Å². The zero-order chi connectivity index (χ0) is 18.3. The number of benzene rings is 1. The zero-order valence-electron chi connectivity index (χ0n) is 14.3. The van der Waals surface area contributed by atoms with Crippen molar-refractivity contribution in [2.75, 3.05) is 25.5 Å². The Bertz CT molecular complexity index is 596. The Kier molecular flexibility index (Phi) is 7.18. The second-order valence-electron chi connectivity index (χ2n) is 6.48. The molecule has 0 bridgehead atoms. The van der Waals surface area contributed by atoms with Crippen molar-refractivity contribution >= 4 is 35.1 Å². The van der Waals surface area contributed by atoms with E-state index in [0.29, 0.717) is 10.7 Å². The molecule has 1 aromatic carbocycles. The predicted octanol–water partition coefficient (Wildman–Crippen LogP) is 1.83. The number of hydrogen-bond donors (Lipinski definition) is 3. The minimum absolute atomic E-state index is 0.0108. The van der Waals surface area contributed by atoms with Gasteiger partial charge in [0, 0.05) is 16.2 Å². The Morgan fingerprint density at radius 1 is 1.04 bits per heavy atom. The van der Waals surface area contributed by atoms with Crippen LogP contribution in [0.1, 0.15) is 20.8 Å². The molecule has 24 heavy (non-hydrogen) atoms. The van der Waals surface area contributed by atoms with Gasteiger partial charge in [0.25, 0.3) is 0 Å². The zero-order valence-corrected chi connectivity index (χ0v) is 15.0. The molecule has 0 saturated carbocycles. The first kappa shape index (κ1) is 19.9. The molecule has 4 amide bonds. The Hall–Kier alpha value is -2.12. The summed E-state index contributed by atoms with van der Waals surface area (Å²) in [6.07, 6.45) is 0. The molecule has 0 atom stereocenters. The van der Waals surface area contributed by atoms with Gasteiger partial charge >= 0.3 is 6.03 Å². The molecule has 0 heterocycles. The first-order chi connectivity index (χ1) is 11.0. The van der Waals surface area contributed by atoms with Crippen molar-refractivity contribution in [3.8, 4) is 0 Å². The molecule has 0 aromatic heterocycles. The average molecular weight is 355 g/mol. The van der Waals surface area contributed by atoms with Crippen LogP contribution >= 0.6 is 11.6 Å². The van der Waals surface area contributed by atoms with Gasteiger partial charge in [-0.05, 0) is 52.1 Å². The number of amides is 4. The second kappa shape index (κ2) is 8.65. The molecule has 1 rings (SSSR count). The van der Waals surface area contributed by atoms with E-state index in [-0.39, 0.29) is 19.0 Å². The number of halogens is 1. The van der Waals surface area contributed by atoms with Crippen LogP contribution in [-0.2, 0) is 9.59 Å². The van der Waals surface area contributed by atoms with Crippen LogP contribution in [-0.4, -0.2) is 48.4 Å². The van der Waals surface area contributed by atoms with Crippen molar-refractivity contribution in [3.05, 3.63) is 29.3 Å². The summed E-state index contributed by atoms with van der Waals surface area (Å²) in [5.41, 5.74) is 0.182. The maximum absolute atomic E-state index is 11.9. The maximum Gasteiger partial charge on any atom is 0.321 e. The summed E-state index contributed by atoms with van der Waals surface area (Å²) in [7, 11) is 1.61. The van der Waals surface area contributed by atoms with E-state index >= 15 is 0 Å². The van der Waals surface area contributed by atoms with E-state index in [9.17, 15) is 14.4 Å². The van der Waals surface area contributed by atoms with Gasteiger partial charge in [-0.15, -0.1) is 0 Å². The molecule has 7 nitrogen and oxygen atoms in total. The Morgan fingerprint density at radius 3 is 2.12 bits per heavy atom. The van der Waals surface area contributed by atoms with Gasteiger partial charge < -0.3 is 10.6 Å². The number of hydrogen-bond acceptors (Lipinski definition) is 4. The largest absolute Gasteiger partial charge is 0.333 e. The lowest BCUT2D eigenvalue weighted by Gasteiger charge is -2.21. The van der Waals surface area contributed by atoms with Crippen LogP contribution in [0.3, 0.4) is 0 Å². The number of likely N-dealkylation sites (N-methyl/N-ethyl adjacent to an activating group) is 1. The highest BCUT2D eigenvalue weighted by molar-refractivity contribution is 6.30. The lowest BCUT2D eigenvalue weighted by Crippen LogP contribution is -2.50. The van der Waals surface area contributed by atoms with Gasteiger partial charge in [-0.2, -0.15) is 0 Å². The van der Waals surface area contributed by atoms with E-state index < -0.39 is 17.5 Å². The lowest BCUT2D eigenvalue weighted by molar-refractivity contribution is -0.122. The number of rotatable bonds is 5. The molecule has 132 valence electrons. The van der Waals surface area contributed by atoms with Crippen LogP contribution in [0.4, 0.5) is 10.5 Å². The van der Waals surface area contributed by atoms with Crippen LogP contribution in [0, 0.1) is 0 Å². The summed E-state index contributed by atoms with van der Waals surface area (Å²) in [5, 5.41) is 8.12. The number of nitrogens with one attached hydrogen (secondary N) is 3. The fraction of sp³-hybridized carbons (Fsp3) is 0.438. The third-order valence-electron chi connectivity index (χ3n) is 2.70. The third kappa shape index (κ3) is 8.50. The number of urea groups is 1. The summed E-state index contributed by atoms with van der Waals surface area (Å²) in [4.78, 5) is 36.8. The summed E-state index contributed by atoms with van der Waals surface area (Å²) < 4.78 is 0. The van der Waals surface area contributed by atoms with Gasteiger partial charge in [0.1, 0.15) is 0 Å². The average Bonchev–Trinajstić information content (AvgIpc) is 2.38. The standard InChI is InChI=1S/C16H23ClN4O3/c1-16(2,3)20-15(24)19-14(23)10-21(4)9-13(22)18-12-7-5-11(17)6-8-12/h5-8H,9-10H2,1-4H3,(H,18,22)(H2,19,20,23,24). The normalized spacial score (nSPS) is 11.1. The van der Waals surface area contributed by atoms with Crippen LogP contribution in [0.5, 0.6) is 0 Å².